The predicted octanol–water partition coefficient (Wildman–Crippen LogP) is 5.44. The Morgan fingerprint density at radius 1 is 0.610 bits per heavy atom. The summed E-state index contributed by atoms with van der Waals surface area (Å²) >= 11 is 0. The van der Waals surface area contributed by atoms with E-state index < -0.39 is 28.1 Å². The number of benzene rings is 4. The Morgan fingerprint density at radius 2 is 1.22 bits per heavy atom. The SMILES string of the molecule is COc1ccc(-c2cc(=O)c3c(O)cc(O)cc3o2)cc1-c1c(O)cc2oc(-c3ccc(O)cc3)cc(=O)c2c1O. The van der Waals surface area contributed by atoms with Gasteiger partial charge in [0.2, 0.25) is 0 Å². The minimum absolute atomic E-state index is 0.0345. The maximum atomic E-state index is 13.1. The van der Waals surface area contributed by atoms with Crippen molar-refractivity contribution in [1.29, 1.82) is 0 Å². The van der Waals surface area contributed by atoms with Gasteiger partial charge in [-0.05, 0) is 42.5 Å². The molecule has 4 aromatic carbocycles. The van der Waals surface area contributed by atoms with Gasteiger partial charge in [-0.25, -0.2) is 0 Å². The van der Waals surface area contributed by atoms with Crippen molar-refractivity contribution in [3.8, 4) is 68.3 Å². The van der Waals surface area contributed by atoms with Crippen LogP contribution >= 0.6 is 0 Å². The fraction of sp³-hybridized carbons (Fsp3) is 0.0323. The molecule has 0 saturated heterocycles. The zero-order valence-corrected chi connectivity index (χ0v) is 21.2. The zero-order valence-electron chi connectivity index (χ0n) is 21.2. The lowest BCUT2D eigenvalue weighted by Crippen LogP contribution is -2.02. The summed E-state index contributed by atoms with van der Waals surface area (Å²) in [6.45, 7) is 0. The number of phenolic OH excluding ortho intramolecular Hbond substituents is 5. The molecule has 0 saturated carbocycles. The van der Waals surface area contributed by atoms with Gasteiger partial charge in [-0.15, -0.1) is 0 Å². The number of phenols is 5. The molecule has 0 aliphatic heterocycles. The Labute approximate surface area is 229 Å². The van der Waals surface area contributed by atoms with Gasteiger partial charge in [0.1, 0.15) is 68.0 Å². The minimum Gasteiger partial charge on any atom is -0.508 e. The van der Waals surface area contributed by atoms with Crippen LogP contribution in [0, 0.1) is 0 Å². The average molecular weight is 552 g/mol. The molecule has 204 valence electrons. The van der Waals surface area contributed by atoms with E-state index in [1.807, 2.05) is 0 Å². The Balaban J connectivity index is 1.55. The zero-order chi connectivity index (χ0) is 29.0. The molecule has 10 nitrogen and oxygen atoms in total. The highest BCUT2D eigenvalue weighted by Gasteiger charge is 2.23. The molecule has 2 heterocycles. The van der Waals surface area contributed by atoms with Gasteiger partial charge >= 0.3 is 0 Å². The first-order valence-corrected chi connectivity index (χ1v) is 12.2. The van der Waals surface area contributed by atoms with Crippen LogP contribution in [0.25, 0.3) is 55.7 Å². The predicted molar refractivity (Wildman–Crippen MR) is 150 cm³/mol. The fourth-order valence-corrected chi connectivity index (χ4v) is 4.78. The lowest BCUT2D eigenvalue weighted by Gasteiger charge is -2.15. The number of rotatable bonds is 4. The molecule has 6 rings (SSSR count). The van der Waals surface area contributed by atoms with Crippen molar-refractivity contribution < 1.29 is 39.1 Å². The summed E-state index contributed by atoms with van der Waals surface area (Å²) in [6, 6.07) is 16.3. The molecule has 0 unspecified atom stereocenters. The second-order valence-corrected chi connectivity index (χ2v) is 9.24. The molecule has 0 bridgehead atoms. The number of aromatic hydroxyl groups is 5. The molecular weight excluding hydrogens is 532 g/mol. The first-order valence-electron chi connectivity index (χ1n) is 12.2. The molecule has 0 fully saturated rings. The first kappa shape index (κ1) is 25.4. The van der Waals surface area contributed by atoms with E-state index >= 15 is 0 Å². The normalized spacial score (nSPS) is 11.2. The van der Waals surface area contributed by atoms with Gasteiger partial charge in [-0.1, -0.05) is 0 Å². The largest absolute Gasteiger partial charge is 0.508 e. The van der Waals surface area contributed by atoms with Crippen molar-refractivity contribution in [2.75, 3.05) is 7.11 Å². The maximum absolute atomic E-state index is 13.1. The number of methoxy groups -OCH3 is 1. The lowest BCUT2D eigenvalue weighted by atomic mass is 9.96. The van der Waals surface area contributed by atoms with E-state index in [2.05, 4.69) is 0 Å². The molecule has 2 aromatic heterocycles. The van der Waals surface area contributed by atoms with Crippen molar-refractivity contribution in [2.45, 2.75) is 0 Å². The highest BCUT2D eigenvalue weighted by atomic mass is 16.5. The van der Waals surface area contributed by atoms with Gasteiger partial charge < -0.3 is 39.1 Å². The summed E-state index contributed by atoms with van der Waals surface area (Å²) in [4.78, 5) is 25.9. The summed E-state index contributed by atoms with van der Waals surface area (Å²) < 4.78 is 17.1. The van der Waals surface area contributed by atoms with Crippen molar-refractivity contribution in [3.63, 3.8) is 0 Å². The fourth-order valence-electron chi connectivity index (χ4n) is 4.78. The Kier molecular flexibility index (Phi) is 5.81. The standard InChI is InChI=1S/C31H20O10/c1-39-23-7-4-15(25-11-21(36)29-19(34)9-17(33)10-26(29)41-25)8-18(23)28-20(35)13-27-30(31(28)38)22(37)12-24(40-27)14-2-5-16(32)6-3-14/h2-13,32-35,38H,1H3. The van der Waals surface area contributed by atoms with Gasteiger partial charge in [-0.3, -0.25) is 9.59 Å². The number of hydrogen-bond acceptors (Lipinski definition) is 10. The van der Waals surface area contributed by atoms with Crippen molar-refractivity contribution in [1.82, 2.24) is 0 Å². The van der Waals surface area contributed by atoms with Crippen LogP contribution in [0.3, 0.4) is 0 Å². The smallest absolute Gasteiger partial charge is 0.197 e. The van der Waals surface area contributed by atoms with Crippen LogP contribution < -0.4 is 15.6 Å². The molecule has 0 amide bonds. The molecule has 10 heteroatoms. The van der Waals surface area contributed by atoms with Gasteiger partial charge in [-0.2, -0.15) is 0 Å². The molecule has 0 radical (unpaired) electrons. The summed E-state index contributed by atoms with van der Waals surface area (Å²) in [5.41, 5.74) is -0.396. The third kappa shape index (κ3) is 4.23. The van der Waals surface area contributed by atoms with Gasteiger partial charge in [0.15, 0.2) is 10.9 Å². The summed E-state index contributed by atoms with van der Waals surface area (Å²) in [6.07, 6.45) is 0. The molecule has 5 N–H and O–H groups in total. The van der Waals surface area contributed by atoms with E-state index in [9.17, 15) is 35.1 Å². The van der Waals surface area contributed by atoms with Crippen LogP contribution in [0.4, 0.5) is 0 Å². The van der Waals surface area contributed by atoms with Gasteiger partial charge in [0.05, 0.1) is 12.7 Å². The quantitative estimate of drug-likeness (QED) is 0.190. The number of ether oxygens (including phenoxy) is 1. The topological polar surface area (TPSA) is 171 Å². The summed E-state index contributed by atoms with van der Waals surface area (Å²) in [7, 11) is 1.38. The second kappa shape index (κ2) is 9.38. The Bertz CT molecular complexity index is 2120. The van der Waals surface area contributed by atoms with E-state index in [1.54, 1.807) is 18.2 Å². The van der Waals surface area contributed by atoms with Gasteiger partial charge in [0, 0.05) is 47.0 Å². The molecule has 0 aliphatic carbocycles. The van der Waals surface area contributed by atoms with Crippen LogP contribution in [0.2, 0.25) is 0 Å². The summed E-state index contributed by atoms with van der Waals surface area (Å²) in [5, 5.41) is 51.5. The van der Waals surface area contributed by atoms with Crippen molar-refractivity contribution in [3.05, 3.63) is 93.2 Å². The van der Waals surface area contributed by atoms with Crippen LogP contribution in [-0.2, 0) is 0 Å². The van der Waals surface area contributed by atoms with Crippen molar-refractivity contribution in [2.24, 2.45) is 0 Å². The molecule has 6 aromatic rings. The summed E-state index contributed by atoms with van der Waals surface area (Å²) in [5.74, 6) is -1.23. The lowest BCUT2D eigenvalue weighted by molar-refractivity contribution is 0.414. The first-order chi connectivity index (χ1) is 19.6. The number of hydrogen-bond donors (Lipinski definition) is 5. The second-order valence-electron chi connectivity index (χ2n) is 9.24. The van der Waals surface area contributed by atoms with E-state index in [-0.39, 0.29) is 61.8 Å². The van der Waals surface area contributed by atoms with E-state index in [0.29, 0.717) is 11.1 Å². The van der Waals surface area contributed by atoms with Crippen LogP contribution in [0.5, 0.6) is 34.5 Å². The maximum Gasteiger partial charge on any atom is 0.197 e. The highest BCUT2D eigenvalue weighted by Crippen LogP contribution is 2.47. The molecule has 41 heavy (non-hydrogen) atoms. The highest BCUT2D eigenvalue weighted by molar-refractivity contribution is 5.97. The van der Waals surface area contributed by atoms with Gasteiger partial charge in [0.25, 0.3) is 0 Å². The van der Waals surface area contributed by atoms with Crippen LogP contribution in [0.1, 0.15) is 0 Å². The minimum atomic E-state index is -0.580. The Morgan fingerprint density at radius 3 is 1.90 bits per heavy atom. The van der Waals surface area contributed by atoms with Crippen LogP contribution in [-0.4, -0.2) is 32.6 Å². The molecule has 0 spiro atoms. The van der Waals surface area contributed by atoms with E-state index in [0.717, 1.165) is 12.1 Å². The molecule has 0 atom stereocenters. The monoisotopic (exact) mass is 552 g/mol. The third-order valence-electron chi connectivity index (χ3n) is 6.67. The molecular formula is C31H20O10. The average Bonchev–Trinajstić information content (AvgIpc) is 2.92. The molecule has 0 aliphatic rings. The number of fused-ring (bicyclic) bond motifs is 2. The van der Waals surface area contributed by atoms with Crippen molar-refractivity contribution >= 4 is 21.9 Å². The third-order valence-corrected chi connectivity index (χ3v) is 6.67. The van der Waals surface area contributed by atoms with E-state index in [4.69, 9.17) is 13.6 Å². The Hall–Kier alpha value is -5.90. The van der Waals surface area contributed by atoms with Crippen LogP contribution in [0.15, 0.2) is 91.2 Å². The van der Waals surface area contributed by atoms with E-state index in [1.165, 1.54) is 49.6 Å².